The van der Waals surface area contributed by atoms with E-state index in [1.54, 1.807) is 12.1 Å². The maximum Gasteiger partial charge on any atom is 0.144 e. The van der Waals surface area contributed by atoms with Crippen LogP contribution in [-0.2, 0) is 6.42 Å². The van der Waals surface area contributed by atoms with Gasteiger partial charge in [-0.2, -0.15) is 5.26 Å². The van der Waals surface area contributed by atoms with Crippen LogP contribution >= 0.6 is 0 Å². The van der Waals surface area contributed by atoms with Crippen molar-refractivity contribution in [3.8, 4) is 11.8 Å². The van der Waals surface area contributed by atoms with Gasteiger partial charge in [-0.3, -0.25) is 0 Å². The second-order valence-corrected chi connectivity index (χ2v) is 4.52. The third-order valence-corrected chi connectivity index (χ3v) is 3.05. The Kier molecular flexibility index (Phi) is 5.14. The van der Waals surface area contributed by atoms with Crippen molar-refractivity contribution in [2.45, 2.75) is 19.3 Å². The van der Waals surface area contributed by atoms with Crippen LogP contribution in [0, 0.1) is 17.1 Å². The van der Waals surface area contributed by atoms with E-state index >= 15 is 0 Å². The molecule has 0 atom stereocenters. The minimum Gasteiger partial charge on any atom is -0.492 e. The van der Waals surface area contributed by atoms with Crippen molar-refractivity contribution >= 4 is 0 Å². The Bertz CT molecular complexity index is 590. The zero-order valence-electron chi connectivity index (χ0n) is 11.2. The zero-order chi connectivity index (χ0) is 14.2. The molecule has 0 fully saturated rings. The van der Waals surface area contributed by atoms with Crippen molar-refractivity contribution in [1.82, 2.24) is 0 Å². The molecule has 3 heteroatoms. The molecule has 0 heterocycles. The monoisotopic (exact) mass is 269 g/mol. The summed E-state index contributed by atoms with van der Waals surface area (Å²) in [5.74, 6) is -0.207. The second kappa shape index (κ2) is 7.30. The fourth-order valence-corrected chi connectivity index (χ4v) is 1.99. The number of unbranched alkanes of at least 4 members (excludes halogenated alkanes) is 1. The molecule has 0 aliphatic heterocycles. The van der Waals surface area contributed by atoms with Gasteiger partial charge in [-0.25, -0.2) is 4.39 Å². The summed E-state index contributed by atoms with van der Waals surface area (Å²) in [5.41, 5.74) is 1.28. The van der Waals surface area contributed by atoms with Gasteiger partial charge in [-0.1, -0.05) is 36.4 Å². The molecule has 0 aromatic heterocycles. The fraction of sp³-hybridized carbons (Fsp3) is 0.235. The molecular formula is C17H16FNO. The van der Waals surface area contributed by atoms with Gasteiger partial charge in [-0.15, -0.1) is 0 Å². The van der Waals surface area contributed by atoms with E-state index in [4.69, 9.17) is 10.00 Å². The molecular weight excluding hydrogens is 253 g/mol. The number of benzene rings is 2. The molecule has 0 aliphatic carbocycles. The normalized spacial score (nSPS) is 10.0. The van der Waals surface area contributed by atoms with Gasteiger partial charge in [0.25, 0.3) is 0 Å². The number of ether oxygens (including phenoxy) is 1. The van der Waals surface area contributed by atoms with Gasteiger partial charge >= 0.3 is 0 Å². The highest BCUT2D eigenvalue weighted by Crippen LogP contribution is 2.20. The molecule has 0 bridgehead atoms. The molecule has 0 saturated carbocycles. The van der Waals surface area contributed by atoms with E-state index in [1.807, 2.05) is 24.3 Å². The van der Waals surface area contributed by atoms with Gasteiger partial charge in [-0.05, 0) is 37.0 Å². The average Bonchev–Trinajstić information content (AvgIpc) is 2.48. The highest BCUT2D eigenvalue weighted by molar-refractivity contribution is 5.43. The number of halogens is 1. The Balaban J connectivity index is 1.77. The first-order valence-electron chi connectivity index (χ1n) is 6.66. The molecule has 2 rings (SSSR count). The minimum atomic E-state index is -0.533. The Morgan fingerprint density at radius 3 is 2.55 bits per heavy atom. The number of hydrogen-bond acceptors (Lipinski definition) is 2. The lowest BCUT2D eigenvalue weighted by Gasteiger charge is -2.08. The standard InChI is InChI=1S/C17H16FNO/c18-16-10-6-11-17(15(16)13-19)20-12-5-4-9-14-7-2-1-3-8-14/h1-3,6-8,10-11H,4-5,9,12H2. The third kappa shape index (κ3) is 3.83. The molecule has 0 radical (unpaired) electrons. The van der Waals surface area contributed by atoms with E-state index in [-0.39, 0.29) is 5.56 Å². The summed E-state index contributed by atoms with van der Waals surface area (Å²) in [5, 5.41) is 8.88. The van der Waals surface area contributed by atoms with Crippen LogP contribution < -0.4 is 4.74 Å². The summed E-state index contributed by atoms with van der Waals surface area (Å²) in [4.78, 5) is 0. The predicted molar refractivity (Wildman–Crippen MR) is 76.0 cm³/mol. The maximum absolute atomic E-state index is 13.3. The predicted octanol–water partition coefficient (Wildman–Crippen LogP) is 4.10. The number of nitrogens with zero attached hydrogens (tertiary/aromatic N) is 1. The molecule has 2 aromatic rings. The molecule has 2 aromatic carbocycles. The van der Waals surface area contributed by atoms with Gasteiger partial charge in [0.2, 0.25) is 0 Å². The quantitative estimate of drug-likeness (QED) is 0.740. The van der Waals surface area contributed by atoms with Crippen molar-refractivity contribution in [3.63, 3.8) is 0 Å². The summed E-state index contributed by atoms with van der Waals surface area (Å²) < 4.78 is 18.8. The summed E-state index contributed by atoms with van der Waals surface area (Å²) in [6, 6.07) is 16.5. The van der Waals surface area contributed by atoms with Crippen LogP contribution in [0.15, 0.2) is 48.5 Å². The summed E-state index contributed by atoms with van der Waals surface area (Å²) in [6.07, 6.45) is 2.87. The molecule has 102 valence electrons. The molecule has 0 spiro atoms. The molecule has 0 unspecified atom stereocenters. The van der Waals surface area contributed by atoms with Gasteiger partial charge in [0.15, 0.2) is 0 Å². The largest absolute Gasteiger partial charge is 0.492 e. The van der Waals surface area contributed by atoms with Crippen LogP contribution in [0.5, 0.6) is 5.75 Å². The lowest BCUT2D eigenvalue weighted by molar-refractivity contribution is 0.304. The van der Waals surface area contributed by atoms with Crippen molar-refractivity contribution in [1.29, 1.82) is 5.26 Å². The van der Waals surface area contributed by atoms with E-state index in [9.17, 15) is 4.39 Å². The Hall–Kier alpha value is -2.34. The molecule has 2 nitrogen and oxygen atoms in total. The van der Waals surface area contributed by atoms with Crippen molar-refractivity contribution in [3.05, 3.63) is 65.5 Å². The van der Waals surface area contributed by atoms with Gasteiger partial charge < -0.3 is 4.74 Å². The zero-order valence-corrected chi connectivity index (χ0v) is 11.2. The topological polar surface area (TPSA) is 33.0 Å². The first-order chi connectivity index (χ1) is 9.81. The Labute approximate surface area is 118 Å². The van der Waals surface area contributed by atoms with E-state index in [0.717, 1.165) is 19.3 Å². The first kappa shape index (κ1) is 14.1. The molecule has 0 aliphatic rings. The third-order valence-electron chi connectivity index (χ3n) is 3.05. The van der Waals surface area contributed by atoms with Crippen molar-refractivity contribution < 1.29 is 9.13 Å². The minimum absolute atomic E-state index is 0.0180. The van der Waals surface area contributed by atoms with Crippen LogP contribution in [-0.4, -0.2) is 6.61 Å². The SMILES string of the molecule is N#Cc1c(F)cccc1OCCCCc1ccccc1. The fourth-order valence-electron chi connectivity index (χ4n) is 1.99. The highest BCUT2D eigenvalue weighted by atomic mass is 19.1. The van der Waals surface area contributed by atoms with Gasteiger partial charge in [0.1, 0.15) is 23.2 Å². The summed E-state index contributed by atoms with van der Waals surface area (Å²) >= 11 is 0. The van der Waals surface area contributed by atoms with Crippen molar-refractivity contribution in [2.75, 3.05) is 6.61 Å². The molecule has 0 N–H and O–H groups in total. The van der Waals surface area contributed by atoms with Crippen molar-refractivity contribution in [2.24, 2.45) is 0 Å². The van der Waals surface area contributed by atoms with E-state index in [2.05, 4.69) is 12.1 Å². The lowest BCUT2D eigenvalue weighted by atomic mass is 10.1. The van der Waals surface area contributed by atoms with Crippen LogP contribution in [0.4, 0.5) is 4.39 Å². The van der Waals surface area contributed by atoms with Crippen LogP contribution in [0.25, 0.3) is 0 Å². The van der Waals surface area contributed by atoms with E-state index in [0.29, 0.717) is 12.4 Å². The first-order valence-corrected chi connectivity index (χ1v) is 6.66. The number of aryl methyl sites for hydroxylation is 1. The maximum atomic E-state index is 13.3. The Morgan fingerprint density at radius 2 is 1.80 bits per heavy atom. The smallest absolute Gasteiger partial charge is 0.144 e. The number of nitriles is 1. The van der Waals surface area contributed by atoms with Crippen LogP contribution in [0.3, 0.4) is 0 Å². The summed E-state index contributed by atoms with van der Waals surface area (Å²) in [7, 11) is 0. The number of rotatable bonds is 6. The van der Waals surface area contributed by atoms with E-state index in [1.165, 1.54) is 11.6 Å². The highest BCUT2D eigenvalue weighted by Gasteiger charge is 2.08. The average molecular weight is 269 g/mol. The Morgan fingerprint density at radius 1 is 1.00 bits per heavy atom. The van der Waals surface area contributed by atoms with Crippen LogP contribution in [0.1, 0.15) is 24.0 Å². The second-order valence-electron chi connectivity index (χ2n) is 4.52. The van der Waals surface area contributed by atoms with Gasteiger partial charge in [0, 0.05) is 0 Å². The lowest BCUT2D eigenvalue weighted by Crippen LogP contribution is -2.01. The van der Waals surface area contributed by atoms with Crippen LogP contribution in [0.2, 0.25) is 0 Å². The molecule has 20 heavy (non-hydrogen) atoms. The van der Waals surface area contributed by atoms with E-state index < -0.39 is 5.82 Å². The van der Waals surface area contributed by atoms with Gasteiger partial charge in [0.05, 0.1) is 6.61 Å². The molecule has 0 amide bonds. The summed E-state index contributed by atoms with van der Waals surface area (Å²) in [6.45, 7) is 0.491. The number of hydrogen-bond donors (Lipinski definition) is 0. The molecule has 0 saturated heterocycles.